The molecule has 0 aliphatic heterocycles. The standard InChI is InChI=1S/C16H31N3O2/c1-11(18-15(20)21-16(2,3)4)14(9-17)19(13-7-8-13)10-12-5-6-12/h11-14H,5-10,17H2,1-4H3,(H,18,20). The molecule has 2 atom stereocenters. The number of ether oxygens (including phenoxy) is 1. The number of amides is 1. The van der Waals surface area contributed by atoms with Crippen LogP contribution in [0.1, 0.15) is 53.4 Å². The van der Waals surface area contributed by atoms with E-state index < -0.39 is 5.60 Å². The van der Waals surface area contributed by atoms with E-state index in [4.69, 9.17) is 10.5 Å². The van der Waals surface area contributed by atoms with Gasteiger partial charge in [-0.2, -0.15) is 0 Å². The quantitative estimate of drug-likeness (QED) is 0.755. The Bertz CT molecular complexity index is 359. The number of carbonyl (C=O) groups excluding carboxylic acids is 1. The van der Waals surface area contributed by atoms with Gasteiger partial charge in [-0.1, -0.05) is 0 Å². The fourth-order valence-corrected chi connectivity index (χ4v) is 2.78. The molecule has 2 unspecified atom stereocenters. The van der Waals surface area contributed by atoms with Crippen molar-refractivity contribution in [2.24, 2.45) is 11.7 Å². The summed E-state index contributed by atoms with van der Waals surface area (Å²) in [6.45, 7) is 9.36. The van der Waals surface area contributed by atoms with Crippen LogP contribution in [-0.2, 0) is 4.74 Å². The number of rotatable bonds is 7. The Morgan fingerprint density at radius 2 is 1.95 bits per heavy atom. The maximum absolute atomic E-state index is 11.9. The molecule has 21 heavy (non-hydrogen) atoms. The van der Waals surface area contributed by atoms with Gasteiger partial charge in [0.2, 0.25) is 0 Å². The molecule has 0 radical (unpaired) electrons. The molecule has 2 rings (SSSR count). The molecule has 2 aliphatic rings. The van der Waals surface area contributed by atoms with E-state index in [1.165, 1.54) is 25.7 Å². The van der Waals surface area contributed by atoms with Crippen molar-refractivity contribution >= 4 is 6.09 Å². The summed E-state index contributed by atoms with van der Waals surface area (Å²) in [4.78, 5) is 14.5. The first-order chi connectivity index (χ1) is 9.80. The molecule has 0 heterocycles. The van der Waals surface area contributed by atoms with Crippen LogP contribution in [0.2, 0.25) is 0 Å². The van der Waals surface area contributed by atoms with E-state index in [0.717, 1.165) is 12.5 Å². The molecule has 0 aromatic rings. The second kappa shape index (κ2) is 6.53. The van der Waals surface area contributed by atoms with Crippen LogP contribution in [0.15, 0.2) is 0 Å². The lowest BCUT2D eigenvalue weighted by atomic mass is 10.1. The Balaban J connectivity index is 1.89. The van der Waals surface area contributed by atoms with Gasteiger partial charge in [0.1, 0.15) is 5.60 Å². The predicted molar refractivity (Wildman–Crippen MR) is 84.1 cm³/mol. The van der Waals surface area contributed by atoms with Crippen molar-refractivity contribution in [1.29, 1.82) is 0 Å². The highest BCUT2D eigenvalue weighted by Gasteiger charge is 2.39. The number of hydrogen-bond donors (Lipinski definition) is 2. The molecular formula is C16H31N3O2. The highest BCUT2D eigenvalue weighted by atomic mass is 16.6. The molecule has 2 saturated carbocycles. The lowest BCUT2D eigenvalue weighted by Gasteiger charge is -2.36. The van der Waals surface area contributed by atoms with E-state index >= 15 is 0 Å². The van der Waals surface area contributed by atoms with Gasteiger partial charge in [0.15, 0.2) is 0 Å². The van der Waals surface area contributed by atoms with Crippen molar-refractivity contribution in [3.63, 3.8) is 0 Å². The van der Waals surface area contributed by atoms with Crippen molar-refractivity contribution in [2.75, 3.05) is 13.1 Å². The van der Waals surface area contributed by atoms with E-state index in [9.17, 15) is 4.79 Å². The van der Waals surface area contributed by atoms with E-state index in [-0.39, 0.29) is 18.2 Å². The van der Waals surface area contributed by atoms with Crippen LogP contribution >= 0.6 is 0 Å². The van der Waals surface area contributed by atoms with Crippen LogP contribution in [0.4, 0.5) is 4.79 Å². The molecule has 0 spiro atoms. The van der Waals surface area contributed by atoms with Crippen molar-refractivity contribution in [2.45, 2.75) is 77.1 Å². The Kier molecular flexibility index (Phi) is 5.15. The summed E-state index contributed by atoms with van der Waals surface area (Å²) in [5.74, 6) is 0.841. The van der Waals surface area contributed by atoms with Crippen molar-refractivity contribution in [3.8, 4) is 0 Å². The zero-order valence-corrected chi connectivity index (χ0v) is 13.9. The Hall–Kier alpha value is -0.810. The van der Waals surface area contributed by atoms with Gasteiger partial charge < -0.3 is 15.8 Å². The van der Waals surface area contributed by atoms with Gasteiger partial charge in [0, 0.05) is 31.2 Å². The molecule has 1 amide bonds. The monoisotopic (exact) mass is 297 g/mol. The van der Waals surface area contributed by atoms with Crippen LogP contribution in [-0.4, -0.2) is 47.8 Å². The Morgan fingerprint density at radius 1 is 1.33 bits per heavy atom. The third-order valence-electron chi connectivity index (χ3n) is 4.17. The Labute approximate surface area is 128 Å². The number of nitrogens with one attached hydrogen (secondary N) is 1. The van der Waals surface area contributed by atoms with E-state index in [0.29, 0.717) is 12.6 Å². The van der Waals surface area contributed by atoms with E-state index in [1.54, 1.807) is 0 Å². The predicted octanol–water partition coefficient (Wildman–Crippen LogP) is 2.10. The summed E-state index contributed by atoms with van der Waals surface area (Å²) < 4.78 is 5.34. The summed E-state index contributed by atoms with van der Waals surface area (Å²) in [7, 11) is 0. The summed E-state index contributed by atoms with van der Waals surface area (Å²) in [6, 6.07) is 0.872. The average molecular weight is 297 g/mol. The molecule has 0 aromatic carbocycles. The van der Waals surface area contributed by atoms with Crippen molar-refractivity contribution in [3.05, 3.63) is 0 Å². The average Bonchev–Trinajstić information content (AvgIpc) is 3.21. The topological polar surface area (TPSA) is 67.6 Å². The van der Waals surface area contributed by atoms with Crippen molar-refractivity contribution in [1.82, 2.24) is 10.2 Å². The summed E-state index contributed by atoms with van der Waals surface area (Å²) in [5.41, 5.74) is 5.54. The maximum atomic E-state index is 11.9. The molecule has 2 fully saturated rings. The zero-order valence-electron chi connectivity index (χ0n) is 13.9. The van der Waals surface area contributed by atoms with Gasteiger partial charge in [-0.05, 0) is 59.3 Å². The first-order valence-corrected chi connectivity index (χ1v) is 8.25. The van der Waals surface area contributed by atoms with Crippen LogP contribution in [0.25, 0.3) is 0 Å². The third kappa shape index (κ3) is 5.47. The summed E-state index contributed by atoms with van der Waals surface area (Å²) >= 11 is 0. The summed E-state index contributed by atoms with van der Waals surface area (Å²) in [5, 5.41) is 2.96. The molecule has 0 saturated heterocycles. The number of alkyl carbamates (subject to hydrolysis) is 1. The summed E-state index contributed by atoms with van der Waals surface area (Å²) in [6.07, 6.45) is 4.86. The molecule has 3 N–H and O–H groups in total. The molecular weight excluding hydrogens is 266 g/mol. The number of carbonyl (C=O) groups is 1. The van der Waals surface area contributed by atoms with Gasteiger partial charge in [-0.3, -0.25) is 4.90 Å². The first-order valence-electron chi connectivity index (χ1n) is 8.25. The van der Waals surface area contributed by atoms with Crippen LogP contribution in [0, 0.1) is 5.92 Å². The highest BCUT2D eigenvalue weighted by molar-refractivity contribution is 5.68. The van der Waals surface area contributed by atoms with E-state index in [1.807, 2.05) is 27.7 Å². The van der Waals surface area contributed by atoms with Gasteiger partial charge in [-0.25, -0.2) is 4.79 Å². The number of hydrogen-bond acceptors (Lipinski definition) is 4. The second-order valence-corrected chi connectivity index (χ2v) is 7.61. The minimum Gasteiger partial charge on any atom is -0.444 e. The van der Waals surface area contributed by atoms with Gasteiger partial charge >= 0.3 is 6.09 Å². The zero-order chi connectivity index (χ0) is 15.6. The van der Waals surface area contributed by atoms with Crippen LogP contribution in [0.3, 0.4) is 0 Å². The fraction of sp³-hybridized carbons (Fsp3) is 0.938. The molecule has 2 aliphatic carbocycles. The normalized spacial score (nSPS) is 22.0. The van der Waals surface area contributed by atoms with E-state index in [2.05, 4.69) is 10.2 Å². The fourth-order valence-electron chi connectivity index (χ4n) is 2.78. The SMILES string of the molecule is CC(NC(=O)OC(C)(C)C)C(CN)N(CC1CC1)C1CC1. The van der Waals surface area contributed by atoms with Gasteiger partial charge in [0.25, 0.3) is 0 Å². The minimum absolute atomic E-state index is 0.00389. The Morgan fingerprint density at radius 3 is 2.38 bits per heavy atom. The lowest BCUT2D eigenvalue weighted by molar-refractivity contribution is 0.0464. The lowest BCUT2D eigenvalue weighted by Crippen LogP contribution is -2.55. The first kappa shape index (κ1) is 16.6. The number of nitrogens with two attached hydrogens (primary N) is 1. The molecule has 5 heteroatoms. The second-order valence-electron chi connectivity index (χ2n) is 7.61. The minimum atomic E-state index is -0.466. The molecule has 0 aromatic heterocycles. The van der Waals surface area contributed by atoms with Crippen molar-refractivity contribution < 1.29 is 9.53 Å². The highest BCUT2D eigenvalue weighted by Crippen LogP contribution is 2.36. The van der Waals surface area contributed by atoms with Gasteiger partial charge in [0.05, 0.1) is 0 Å². The van der Waals surface area contributed by atoms with Gasteiger partial charge in [-0.15, -0.1) is 0 Å². The maximum Gasteiger partial charge on any atom is 0.407 e. The molecule has 5 nitrogen and oxygen atoms in total. The van der Waals surface area contributed by atoms with Crippen LogP contribution in [0.5, 0.6) is 0 Å². The largest absolute Gasteiger partial charge is 0.444 e. The smallest absolute Gasteiger partial charge is 0.407 e. The molecule has 0 bridgehead atoms. The molecule has 122 valence electrons. The third-order valence-corrected chi connectivity index (χ3v) is 4.17. The van der Waals surface area contributed by atoms with Crippen LogP contribution < -0.4 is 11.1 Å². The number of nitrogens with zero attached hydrogens (tertiary/aromatic N) is 1.